The molecular weight excluding hydrogens is 316 g/mol. The third-order valence-electron chi connectivity index (χ3n) is 4.69. The summed E-state index contributed by atoms with van der Waals surface area (Å²) in [6.07, 6.45) is 6.95. The highest BCUT2D eigenvalue weighted by Gasteiger charge is 2.14. The second kappa shape index (κ2) is 6.55. The van der Waals surface area contributed by atoms with Crippen molar-refractivity contribution in [2.24, 2.45) is 0 Å². The molecule has 0 atom stereocenters. The second-order valence-electron chi connectivity index (χ2n) is 6.47. The number of hydrogen-bond acceptors (Lipinski definition) is 3. The van der Waals surface area contributed by atoms with Gasteiger partial charge in [0.15, 0.2) is 0 Å². The number of aromatic amines is 1. The largest absolute Gasteiger partial charge is 0.361 e. The Morgan fingerprint density at radius 2 is 2.08 bits per heavy atom. The van der Waals surface area contributed by atoms with Gasteiger partial charge in [-0.25, -0.2) is 4.68 Å². The fourth-order valence-corrected chi connectivity index (χ4v) is 3.41. The van der Waals surface area contributed by atoms with Crippen molar-refractivity contribution < 1.29 is 4.79 Å². The number of hydrogen-bond donors (Lipinski definition) is 2. The maximum atomic E-state index is 12.4. The minimum absolute atomic E-state index is 0.0765. The molecule has 1 amide bonds. The van der Waals surface area contributed by atoms with Gasteiger partial charge in [-0.3, -0.25) is 9.59 Å². The first-order chi connectivity index (χ1) is 12.2. The molecular formula is C19H20N4O2. The van der Waals surface area contributed by atoms with E-state index in [1.54, 1.807) is 6.07 Å². The van der Waals surface area contributed by atoms with Crippen LogP contribution in [0.2, 0.25) is 0 Å². The first-order valence-corrected chi connectivity index (χ1v) is 8.66. The van der Waals surface area contributed by atoms with E-state index < -0.39 is 0 Å². The minimum Gasteiger partial charge on any atom is -0.361 e. The summed E-state index contributed by atoms with van der Waals surface area (Å²) in [7, 11) is 0. The Labute approximate surface area is 144 Å². The number of nitrogens with one attached hydrogen (secondary N) is 2. The Kier molecular flexibility index (Phi) is 4.09. The first-order valence-electron chi connectivity index (χ1n) is 8.66. The molecule has 4 rings (SSSR count). The SMILES string of the molecule is O=C(Cn1nc2c(cc1=O)CCCCC2)Nc1cccc2[nH]ccc12. The van der Waals surface area contributed by atoms with Gasteiger partial charge in [-0.1, -0.05) is 12.5 Å². The van der Waals surface area contributed by atoms with E-state index in [9.17, 15) is 9.59 Å². The lowest BCUT2D eigenvalue weighted by atomic mass is 10.1. The van der Waals surface area contributed by atoms with Crippen LogP contribution >= 0.6 is 0 Å². The molecule has 0 bridgehead atoms. The van der Waals surface area contributed by atoms with Crippen LogP contribution in [0.15, 0.2) is 41.3 Å². The molecule has 0 aliphatic heterocycles. The number of amides is 1. The summed E-state index contributed by atoms with van der Waals surface area (Å²) in [5, 5.41) is 8.27. The molecule has 6 heteroatoms. The van der Waals surface area contributed by atoms with E-state index in [4.69, 9.17) is 0 Å². The van der Waals surface area contributed by atoms with E-state index in [0.717, 1.165) is 60.0 Å². The summed E-state index contributed by atoms with van der Waals surface area (Å²) in [6.45, 7) is -0.0765. The van der Waals surface area contributed by atoms with Crippen LogP contribution in [-0.4, -0.2) is 20.7 Å². The van der Waals surface area contributed by atoms with Gasteiger partial charge in [0.25, 0.3) is 5.56 Å². The predicted octanol–water partition coefficient (Wildman–Crippen LogP) is 2.63. The molecule has 2 N–H and O–H groups in total. The molecule has 25 heavy (non-hydrogen) atoms. The Bertz CT molecular complexity index is 986. The van der Waals surface area contributed by atoms with Crippen molar-refractivity contribution in [2.75, 3.05) is 5.32 Å². The zero-order valence-electron chi connectivity index (χ0n) is 13.9. The maximum absolute atomic E-state index is 12.4. The molecule has 6 nitrogen and oxygen atoms in total. The molecule has 2 heterocycles. The molecule has 3 aromatic rings. The molecule has 2 aromatic heterocycles. The topological polar surface area (TPSA) is 79.8 Å². The van der Waals surface area contributed by atoms with Crippen molar-refractivity contribution in [3.8, 4) is 0 Å². The fraction of sp³-hybridized carbons (Fsp3) is 0.316. The van der Waals surface area contributed by atoms with Crippen LogP contribution in [-0.2, 0) is 24.2 Å². The van der Waals surface area contributed by atoms with Gasteiger partial charge < -0.3 is 10.3 Å². The van der Waals surface area contributed by atoms with Crippen LogP contribution in [0.1, 0.15) is 30.5 Å². The van der Waals surface area contributed by atoms with Crippen molar-refractivity contribution in [2.45, 2.75) is 38.6 Å². The molecule has 0 unspecified atom stereocenters. The molecule has 0 saturated carbocycles. The number of H-pyrrole nitrogens is 1. The normalized spacial score (nSPS) is 14.1. The van der Waals surface area contributed by atoms with Crippen molar-refractivity contribution in [1.29, 1.82) is 0 Å². The van der Waals surface area contributed by atoms with Gasteiger partial charge in [0.05, 0.1) is 11.4 Å². The van der Waals surface area contributed by atoms with E-state index in [0.29, 0.717) is 0 Å². The molecule has 0 fully saturated rings. The van der Waals surface area contributed by atoms with Crippen molar-refractivity contribution in [1.82, 2.24) is 14.8 Å². The van der Waals surface area contributed by atoms with E-state index in [2.05, 4.69) is 15.4 Å². The lowest BCUT2D eigenvalue weighted by molar-refractivity contribution is -0.117. The Morgan fingerprint density at radius 1 is 1.20 bits per heavy atom. The Hall–Kier alpha value is -2.89. The summed E-state index contributed by atoms with van der Waals surface area (Å²) < 4.78 is 1.27. The number of rotatable bonds is 3. The zero-order valence-corrected chi connectivity index (χ0v) is 13.9. The molecule has 1 aromatic carbocycles. The quantitative estimate of drug-likeness (QED) is 0.722. The van der Waals surface area contributed by atoms with Gasteiger partial charge in [0.2, 0.25) is 5.91 Å². The number of anilines is 1. The fourth-order valence-electron chi connectivity index (χ4n) is 3.41. The maximum Gasteiger partial charge on any atom is 0.267 e. The van der Waals surface area contributed by atoms with Gasteiger partial charge >= 0.3 is 0 Å². The van der Waals surface area contributed by atoms with E-state index in [-0.39, 0.29) is 18.0 Å². The van der Waals surface area contributed by atoms with Crippen LogP contribution in [0.3, 0.4) is 0 Å². The van der Waals surface area contributed by atoms with E-state index in [1.807, 2.05) is 30.5 Å². The number of carbonyl (C=O) groups excluding carboxylic acids is 1. The summed E-state index contributed by atoms with van der Waals surface area (Å²) in [6, 6.07) is 9.23. The number of benzene rings is 1. The van der Waals surface area contributed by atoms with Crippen molar-refractivity contribution in [3.05, 3.63) is 58.1 Å². The highest BCUT2D eigenvalue weighted by atomic mass is 16.2. The van der Waals surface area contributed by atoms with Crippen LogP contribution < -0.4 is 10.9 Å². The molecule has 1 aliphatic rings. The van der Waals surface area contributed by atoms with Gasteiger partial charge in [0, 0.05) is 23.2 Å². The number of carbonyl (C=O) groups is 1. The molecule has 0 radical (unpaired) electrons. The average molecular weight is 336 g/mol. The predicted molar refractivity (Wildman–Crippen MR) is 96.7 cm³/mol. The van der Waals surface area contributed by atoms with Crippen LogP contribution in [0, 0.1) is 0 Å². The number of aromatic nitrogens is 3. The van der Waals surface area contributed by atoms with Crippen LogP contribution in [0.4, 0.5) is 5.69 Å². The molecule has 1 aliphatic carbocycles. The van der Waals surface area contributed by atoms with E-state index >= 15 is 0 Å². The molecule has 0 spiro atoms. The standard InChI is InChI=1S/C19H20N4O2/c24-18(21-17-8-4-7-16-14(17)9-10-20-16)12-23-19(25)11-13-5-2-1-3-6-15(13)22-23/h4,7-11,20H,1-3,5-6,12H2,(H,21,24). The zero-order chi connectivity index (χ0) is 17.2. The van der Waals surface area contributed by atoms with Gasteiger partial charge in [-0.15, -0.1) is 0 Å². The van der Waals surface area contributed by atoms with Gasteiger partial charge in [-0.2, -0.15) is 5.10 Å². The summed E-state index contributed by atoms with van der Waals surface area (Å²) in [5.41, 5.74) is 3.47. The van der Waals surface area contributed by atoms with Gasteiger partial charge in [-0.05, 0) is 49.4 Å². The first kappa shape index (κ1) is 15.6. The average Bonchev–Trinajstić information content (AvgIpc) is 2.97. The Balaban J connectivity index is 1.56. The summed E-state index contributed by atoms with van der Waals surface area (Å²) >= 11 is 0. The number of nitrogens with zero attached hydrogens (tertiary/aromatic N) is 2. The second-order valence-corrected chi connectivity index (χ2v) is 6.47. The van der Waals surface area contributed by atoms with Crippen molar-refractivity contribution in [3.63, 3.8) is 0 Å². The summed E-state index contributed by atoms with van der Waals surface area (Å²) in [4.78, 5) is 27.8. The third kappa shape index (κ3) is 3.20. The molecule has 0 saturated heterocycles. The lowest BCUT2D eigenvalue weighted by Crippen LogP contribution is -2.30. The van der Waals surface area contributed by atoms with Crippen LogP contribution in [0.5, 0.6) is 0 Å². The number of fused-ring (bicyclic) bond motifs is 2. The molecule has 128 valence electrons. The van der Waals surface area contributed by atoms with E-state index in [1.165, 1.54) is 4.68 Å². The van der Waals surface area contributed by atoms with Gasteiger partial charge in [0.1, 0.15) is 6.54 Å². The van der Waals surface area contributed by atoms with Crippen molar-refractivity contribution >= 4 is 22.5 Å². The monoisotopic (exact) mass is 336 g/mol. The highest BCUT2D eigenvalue weighted by molar-refractivity contribution is 6.01. The minimum atomic E-state index is -0.253. The third-order valence-corrected chi connectivity index (χ3v) is 4.69. The highest BCUT2D eigenvalue weighted by Crippen LogP contribution is 2.22. The number of aryl methyl sites for hydroxylation is 2. The Morgan fingerprint density at radius 3 is 3.00 bits per heavy atom. The van der Waals surface area contributed by atoms with Crippen LogP contribution in [0.25, 0.3) is 10.9 Å². The smallest absolute Gasteiger partial charge is 0.267 e. The lowest BCUT2D eigenvalue weighted by Gasteiger charge is -2.10. The summed E-state index contributed by atoms with van der Waals surface area (Å²) in [5.74, 6) is -0.253.